The van der Waals surface area contributed by atoms with Crippen LogP contribution < -0.4 is 5.32 Å². The highest BCUT2D eigenvalue weighted by Crippen LogP contribution is 2.31. The van der Waals surface area contributed by atoms with E-state index >= 15 is 0 Å². The van der Waals surface area contributed by atoms with Crippen LogP contribution in [0.4, 0.5) is 0 Å². The van der Waals surface area contributed by atoms with Gasteiger partial charge in [0, 0.05) is 41.5 Å². The van der Waals surface area contributed by atoms with Gasteiger partial charge in [-0.05, 0) is 43.5 Å². The molecule has 30 heavy (non-hydrogen) atoms. The average Bonchev–Trinajstić information content (AvgIpc) is 3.30. The quantitative estimate of drug-likeness (QED) is 0.623. The van der Waals surface area contributed by atoms with Gasteiger partial charge in [0.1, 0.15) is 4.83 Å². The highest BCUT2D eigenvalue weighted by atomic mass is 35.5. The molecule has 0 radical (unpaired) electrons. The summed E-state index contributed by atoms with van der Waals surface area (Å²) in [6.45, 7) is 3.64. The number of rotatable bonds is 4. The fraction of sp³-hybridized carbons (Fsp3) is 0.381. The first-order valence-electron chi connectivity index (χ1n) is 9.79. The first-order valence-corrected chi connectivity index (χ1v) is 11.4. The SMILES string of the molecule is CNC(=O)C1CCN(C(=O)c2cc3c(C)nn(Cc4ccc(Cl)cc4Cl)c3s2)CC1. The number of aromatic nitrogens is 2. The summed E-state index contributed by atoms with van der Waals surface area (Å²) in [7, 11) is 1.65. The third-order valence-electron chi connectivity index (χ3n) is 5.55. The number of halogens is 2. The molecule has 6 nitrogen and oxygen atoms in total. The zero-order valence-electron chi connectivity index (χ0n) is 16.7. The topological polar surface area (TPSA) is 67.2 Å². The van der Waals surface area contributed by atoms with Gasteiger partial charge in [-0.15, -0.1) is 11.3 Å². The van der Waals surface area contributed by atoms with Gasteiger partial charge < -0.3 is 10.2 Å². The molecule has 0 bridgehead atoms. The Kier molecular flexibility index (Phi) is 6.04. The second kappa shape index (κ2) is 8.57. The van der Waals surface area contributed by atoms with Crippen molar-refractivity contribution in [2.24, 2.45) is 5.92 Å². The van der Waals surface area contributed by atoms with Crippen molar-refractivity contribution in [3.05, 3.63) is 50.4 Å². The highest BCUT2D eigenvalue weighted by Gasteiger charge is 2.28. The van der Waals surface area contributed by atoms with E-state index in [-0.39, 0.29) is 17.7 Å². The lowest BCUT2D eigenvalue weighted by Crippen LogP contribution is -2.42. The first-order chi connectivity index (χ1) is 14.4. The van der Waals surface area contributed by atoms with E-state index < -0.39 is 0 Å². The molecule has 1 aromatic carbocycles. The van der Waals surface area contributed by atoms with Crippen LogP contribution in [0.15, 0.2) is 24.3 Å². The Hall–Kier alpha value is -2.09. The van der Waals surface area contributed by atoms with E-state index in [2.05, 4.69) is 10.4 Å². The molecule has 0 atom stereocenters. The summed E-state index contributed by atoms with van der Waals surface area (Å²) in [6, 6.07) is 7.35. The number of thiophene rings is 1. The van der Waals surface area contributed by atoms with Crippen molar-refractivity contribution in [3.63, 3.8) is 0 Å². The maximum atomic E-state index is 13.1. The molecular formula is C21H22Cl2N4O2S. The number of hydrogen-bond donors (Lipinski definition) is 1. The third kappa shape index (κ3) is 4.06. The molecule has 1 aliphatic heterocycles. The molecule has 1 aliphatic rings. The Labute approximate surface area is 188 Å². The molecule has 2 aromatic heterocycles. The molecule has 2 amide bonds. The van der Waals surface area contributed by atoms with Crippen LogP contribution in [0, 0.1) is 12.8 Å². The zero-order chi connectivity index (χ0) is 21.4. The normalized spacial score (nSPS) is 15.0. The second-order valence-corrected chi connectivity index (χ2v) is 9.36. The van der Waals surface area contributed by atoms with Gasteiger partial charge >= 0.3 is 0 Å². The Morgan fingerprint density at radius 2 is 1.97 bits per heavy atom. The molecule has 158 valence electrons. The lowest BCUT2D eigenvalue weighted by molar-refractivity contribution is -0.125. The molecule has 0 unspecified atom stereocenters. The summed E-state index contributed by atoms with van der Waals surface area (Å²) >= 11 is 13.8. The number of piperidine rings is 1. The van der Waals surface area contributed by atoms with Crippen LogP contribution in [0.25, 0.3) is 10.2 Å². The molecule has 3 heterocycles. The Bertz CT molecular complexity index is 1120. The van der Waals surface area contributed by atoms with Crippen molar-refractivity contribution >= 4 is 56.6 Å². The van der Waals surface area contributed by atoms with Crippen LogP contribution in [-0.4, -0.2) is 46.6 Å². The summed E-state index contributed by atoms with van der Waals surface area (Å²) in [6.07, 6.45) is 1.39. The standard InChI is InChI=1S/C21H22Cl2N4O2S/c1-12-16-10-18(20(29)26-7-5-13(6-8-26)19(28)24-2)30-21(16)27(25-12)11-14-3-4-15(22)9-17(14)23/h3-4,9-10,13H,5-8,11H2,1-2H3,(H,24,28). The van der Waals surface area contributed by atoms with E-state index in [1.54, 1.807) is 13.1 Å². The van der Waals surface area contributed by atoms with Crippen molar-refractivity contribution in [2.45, 2.75) is 26.3 Å². The summed E-state index contributed by atoms with van der Waals surface area (Å²) in [5.74, 6) is 0.0592. The largest absolute Gasteiger partial charge is 0.359 e. The van der Waals surface area contributed by atoms with E-state index in [1.165, 1.54) is 11.3 Å². The first kappa shape index (κ1) is 21.2. The van der Waals surface area contributed by atoms with Gasteiger partial charge in [0.2, 0.25) is 5.91 Å². The van der Waals surface area contributed by atoms with Gasteiger partial charge in [-0.3, -0.25) is 14.3 Å². The fourth-order valence-electron chi connectivity index (χ4n) is 3.84. The second-order valence-electron chi connectivity index (χ2n) is 7.49. The zero-order valence-corrected chi connectivity index (χ0v) is 19.1. The number of aryl methyl sites for hydroxylation is 1. The Morgan fingerprint density at radius 1 is 1.23 bits per heavy atom. The molecule has 0 spiro atoms. The van der Waals surface area contributed by atoms with Crippen molar-refractivity contribution < 1.29 is 9.59 Å². The highest BCUT2D eigenvalue weighted by molar-refractivity contribution is 7.20. The van der Waals surface area contributed by atoms with Crippen LogP contribution in [0.1, 0.15) is 33.8 Å². The van der Waals surface area contributed by atoms with Gasteiger partial charge in [-0.1, -0.05) is 29.3 Å². The fourth-order valence-corrected chi connectivity index (χ4v) is 5.44. The van der Waals surface area contributed by atoms with Crippen LogP contribution in [-0.2, 0) is 11.3 Å². The van der Waals surface area contributed by atoms with Crippen molar-refractivity contribution in [3.8, 4) is 0 Å². The van der Waals surface area contributed by atoms with Crippen molar-refractivity contribution in [2.75, 3.05) is 20.1 Å². The van der Waals surface area contributed by atoms with Gasteiger partial charge in [-0.2, -0.15) is 5.10 Å². The van der Waals surface area contributed by atoms with Gasteiger partial charge in [-0.25, -0.2) is 0 Å². The van der Waals surface area contributed by atoms with Crippen molar-refractivity contribution in [1.82, 2.24) is 20.0 Å². The minimum atomic E-state index is -0.0126. The number of fused-ring (bicyclic) bond motifs is 1. The molecule has 9 heteroatoms. The maximum Gasteiger partial charge on any atom is 0.264 e. The number of nitrogens with zero attached hydrogens (tertiary/aromatic N) is 3. The number of likely N-dealkylation sites (tertiary alicyclic amines) is 1. The number of benzene rings is 1. The lowest BCUT2D eigenvalue weighted by atomic mass is 9.96. The smallest absolute Gasteiger partial charge is 0.264 e. The number of nitrogens with one attached hydrogen (secondary N) is 1. The molecule has 1 fully saturated rings. The van der Waals surface area contributed by atoms with E-state index in [0.29, 0.717) is 47.4 Å². The number of hydrogen-bond acceptors (Lipinski definition) is 4. The summed E-state index contributed by atoms with van der Waals surface area (Å²) in [5.41, 5.74) is 1.80. The van der Waals surface area contributed by atoms with Gasteiger partial charge in [0.05, 0.1) is 17.1 Å². The number of amides is 2. The van der Waals surface area contributed by atoms with Crippen LogP contribution in [0.5, 0.6) is 0 Å². The van der Waals surface area contributed by atoms with E-state index in [9.17, 15) is 9.59 Å². The summed E-state index contributed by atoms with van der Waals surface area (Å²) in [5, 5.41) is 9.49. The van der Waals surface area contributed by atoms with E-state index in [1.807, 2.05) is 34.7 Å². The average molecular weight is 465 g/mol. The van der Waals surface area contributed by atoms with Crippen molar-refractivity contribution in [1.29, 1.82) is 0 Å². The molecule has 4 rings (SSSR count). The maximum absolute atomic E-state index is 13.1. The molecule has 1 saturated heterocycles. The van der Waals surface area contributed by atoms with E-state index in [4.69, 9.17) is 23.2 Å². The van der Waals surface area contributed by atoms with Crippen LogP contribution in [0.2, 0.25) is 10.0 Å². The monoisotopic (exact) mass is 464 g/mol. The molecular weight excluding hydrogens is 443 g/mol. The predicted octanol–water partition coefficient (Wildman–Crippen LogP) is 4.36. The Morgan fingerprint density at radius 3 is 2.63 bits per heavy atom. The van der Waals surface area contributed by atoms with Crippen LogP contribution in [0.3, 0.4) is 0 Å². The molecule has 0 aliphatic carbocycles. The van der Waals surface area contributed by atoms with E-state index in [0.717, 1.165) is 21.5 Å². The molecule has 1 N–H and O–H groups in total. The minimum absolute atomic E-state index is 0.0126. The van der Waals surface area contributed by atoms with Gasteiger partial charge in [0.15, 0.2) is 0 Å². The minimum Gasteiger partial charge on any atom is -0.359 e. The Balaban J connectivity index is 1.54. The predicted molar refractivity (Wildman–Crippen MR) is 121 cm³/mol. The lowest BCUT2D eigenvalue weighted by Gasteiger charge is -2.30. The third-order valence-corrected chi connectivity index (χ3v) is 7.28. The summed E-state index contributed by atoms with van der Waals surface area (Å²) < 4.78 is 1.89. The van der Waals surface area contributed by atoms with Gasteiger partial charge in [0.25, 0.3) is 5.91 Å². The number of carbonyl (C=O) groups excluding carboxylic acids is 2. The number of carbonyl (C=O) groups is 2. The van der Waals surface area contributed by atoms with Crippen LogP contribution >= 0.6 is 34.5 Å². The summed E-state index contributed by atoms with van der Waals surface area (Å²) in [4.78, 5) is 28.4. The molecule has 0 saturated carbocycles. The molecule has 3 aromatic rings.